The number of aliphatic hydroxyl groups is 1. The molecule has 2 atom stereocenters. The summed E-state index contributed by atoms with van der Waals surface area (Å²) in [4.78, 5) is 20.2. The van der Waals surface area contributed by atoms with Crippen LogP contribution in [0.15, 0.2) is 0 Å². The van der Waals surface area contributed by atoms with Gasteiger partial charge in [0.15, 0.2) is 6.10 Å². The van der Waals surface area contributed by atoms with Crippen LogP contribution < -0.4 is 5.73 Å². The molecule has 6 heteroatoms. The van der Waals surface area contributed by atoms with Gasteiger partial charge < -0.3 is 21.1 Å². The zero-order valence-corrected chi connectivity index (χ0v) is 5.60. The second kappa shape index (κ2) is 3.89. The smallest absolute Gasteiger partial charge is 0.333 e. The zero-order chi connectivity index (χ0) is 9.02. The minimum absolute atomic E-state index is 0.400. The van der Waals surface area contributed by atoms with Crippen molar-refractivity contribution in [1.82, 2.24) is 0 Å². The molecule has 0 amide bonds. The van der Waals surface area contributed by atoms with Crippen LogP contribution in [0, 0.1) is 5.92 Å². The quantitative estimate of drug-likeness (QED) is 0.383. The Labute approximate surface area is 62.2 Å². The minimum atomic E-state index is -1.93. The fourth-order valence-corrected chi connectivity index (χ4v) is 0.537. The van der Waals surface area contributed by atoms with Crippen molar-refractivity contribution in [3.63, 3.8) is 0 Å². The summed E-state index contributed by atoms with van der Waals surface area (Å²) in [6.07, 6.45) is -1.93. The monoisotopic (exact) mass is 163 g/mol. The van der Waals surface area contributed by atoms with E-state index in [0.29, 0.717) is 0 Å². The highest BCUT2D eigenvalue weighted by Crippen LogP contribution is 2.01. The lowest BCUT2D eigenvalue weighted by atomic mass is 10.0. The second-order valence-corrected chi connectivity index (χ2v) is 1.96. The summed E-state index contributed by atoms with van der Waals surface area (Å²) in [6, 6.07) is 0. The number of carbonyl (C=O) groups is 2. The minimum Gasteiger partial charge on any atom is -0.481 e. The van der Waals surface area contributed by atoms with E-state index in [-0.39, 0.29) is 0 Å². The summed E-state index contributed by atoms with van der Waals surface area (Å²) < 4.78 is 0. The molecule has 0 spiro atoms. The SMILES string of the molecule is NC[C@H](C(=O)O)[C@@H](O)C(=O)O. The molecule has 11 heavy (non-hydrogen) atoms. The molecule has 0 fully saturated rings. The van der Waals surface area contributed by atoms with Crippen molar-refractivity contribution >= 4 is 11.9 Å². The number of carboxylic acids is 2. The van der Waals surface area contributed by atoms with Gasteiger partial charge in [-0.1, -0.05) is 0 Å². The molecule has 0 aliphatic heterocycles. The number of carboxylic acid groups (broad SMARTS) is 2. The van der Waals surface area contributed by atoms with Gasteiger partial charge in [-0.15, -0.1) is 0 Å². The van der Waals surface area contributed by atoms with Crippen LogP contribution in [0.1, 0.15) is 0 Å². The number of aliphatic carboxylic acids is 2. The van der Waals surface area contributed by atoms with E-state index in [0.717, 1.165) is 0 Å². The van der Waals surface area contributed by atoms with E-state index < -0.39 is 30.5 Å². The Kier molecular flexibility index (Phi) is 3.49. The highest BCUT2D eigenvalue weighted by Gasteiger charge is 2.30. The van der Waals surface area contributed by atoms with Gasteiger partial charge in [-0.25, -0.2) is 4.79 Å². The van der Waals surface area contributed by atoms with E-state index in [4.69, 9.17) is 21.1 Å². The van der Waals surface area contributed by atoms with Crippen molar-refractivity contribution in [1.29, 1.82) is 0 Å². The number of rotatable bonds is 4. The lowest BCUT2D eigenvalue weighted by Crippen LogP contribution is -2.39. The van der Waals surface area contributed by atoms with E-state index in [1.807, 2.05) is 0 Å². The Hall–Kier alpha value is -1.14. The van der Waals surface area contributed by atoms with E-state index in [2.05, 4.69) is 0 Å². The first-order chi connectivity index (χ1) is 5.00. The van der Waals surface area contributed by atoms with Gasteiger partial charge in [0.2, 0.25) is 0 Å². The highest BCUT2D eigenvalue weighted by molar-refractivity contribution is 5.81. The Morgan fingerprint density at radius 1 is 1.27 bits per heavy atom. The molecular formula is C5H9NO5. The molecule has 0 saturated carbocycles. The second-order valence-electron chi connectivity index (χ2n) is 1.96. The first-order valence-electron chi connectivity index (χ1n) is 2.84. The van der Waals surface area contributed by atoms with E-state index in [1.165, 1.54) is 0 Å². The normalized spacial score (nSPS) is 15.5. The van der Waals surface area contributed by atoms with Gasteiger partial charge in [0.1, 0.15) is 5.92 Å². The average molecular weight is 163 g/mol. The molecule has 5 N–H and O–H groups in total. The third-order valence-corrected chi connectivity index (χ3v) is 1.21. The van der Waals surface area contributed by atoms with Gasteiger partial charge in [-0.3, -0.25) is 4.79 Å². The maximum absolute atomic E-state index is 10.2. The predicted molar refractivity (Wildman–Crippen MR) is 33.8 cm³/mol. The number of hydrogen-bond acceptors (Lipinski definition) is 4. The van der Waals surface area contributed by atoms with Crippen LogP contribution in [-0.2, 0) is 9.59 Å². The molecule has 0 aromatic heterocycles. The zero-order valence-electron chi connectivity index (χ0n) is 5.60. The van der Waals surface area contributed by atoms with Crippen LogP contribution in [0.4, 0.5) is 0 Å². The Morgan fingerprint density at radius 3 is 1.82 bits per heavy atom. The van der Waals surface area contributed by atoms with Crippen LogP contribution in [0.5, 0.6) is 0 Å². The van der Waals surface area contributed by atoms with Gasteiger partial charge in [0.05, 0.1) is 0 Å². The third kappa shape index (κ3) is 2.52. The molecule has 0 radical (unpaired) electrons. The summed E-state index contributed by atoms with van der Waals surface area (Å²) in [5, 5.41) is 25.1. The molecule has 0 aliphatic carbocycles. The van der Waals surface area contributed by atoms with Crippen LogP contribution in [0.3, 0.4) is 0 Å². The van der Waals surface area contributed by atoms with Crippen molar-refractivity contribution in [3.05, 3.63) is 0 Å². The maximum atomic E-state index is 10.2. The lowest BCUT2D eigenvalue weighted by molar-refractivity contribution is -0.158. The predicted octanol–water partition coefficient (Wildman–Crippen LogP) is -1.91. The molecule has 6 nitrogen and oxygen atoms in total. The van der Waals surface area contributed by atoms with Gasteiger partial charge in [-0.05, 0) is 0 Å². The average Bonchev–Trinajstić information content (AvgIpc) is 1.88. The number of hydrogen-bond donors (Lipinski definition) is 4. The topological polar surface area (TPSA) is 121 Å². The van der Waals surface area contributed by atoms with Gasteiger partial charge in [0, 0.05) is 6.54 Å². The Morgan fingerprint density at radius 2 is 1.73 bits per heavy atom. The molecular weight excluding hydrogens is 154 g/mol. The van der Waals surface area contributed by atoms with Crippen molar-refractivity contribution in [2.75, 3.05) is 6.54 Å². The largest absolute Gasteiger partial charge is 0.481 e. The summed E-state index contributed by atoms with van der Waals surface area (Å²) in [7, 11) is 0. The summed E-state index contributed by atoms with van der Waals surface area (Å²) in [5.41, 5.74) is 4.91. The molecule has 0 heterocycles. The molecule has 0 rings (SSSR count). The van der Waals surface area contributed by atoms with E-state index >= 15 is 0 Å². The van der Waals surface area contributed by atoms with Crippen molar-refractivity contribution in [2.45, 2.75) is 6.10 Å². The van der Waals surface area contributed by atoms with Crippen molar-refractivity contribution in [2.24, 2.45) is 11.7 Å². The van der Waals surface area contributed by atoms with Crippen LogP contribution >= 0.6 is 0 Å². The molecule has 0 aromatic carbocycles. The first kappa shape index (κ1) is 9.86. The summed E-state index contributed by atoms with van der Waals surface area (Å²) in [5.74, 6) is -4.43. The van der Waals surface area contributed by atoms with Gasteiger partial charge in [0.25, 0.3) is 0 Å². The molecule has 0 aromatic rings. The lowest BCUT2D eigenvalue weighted by Gasteiger charge is -2.11. The van der Waals surface area contributed by atoms with Gasteiger partial charge >= 0.3 is 11.9 Å². The molecule has 0 aliphatic rings. The third-order valence-electron chi connectivity index (χ3n) is 1.21. The van der Waals surface area contributed by atoms with Crippen molar-refractivity contribution in [3.8, 4) is 0 Å². The molecule has 64 valence electrons. The molecule has 0 unspecified atom stereocenters. The van der Waals surface area contributed by atoms with E-state index in [9.17, 15) is 9.59 Å². The molecule has 0 saturated heterocycles. The Bertz CT molecular complexity index is 168. The van der Waals surface area contributed by atoms with Crippen LogP contribution in [0.2, 0.25) is 0 Å². The standard InChI is InChI=1S/C5H9NO5/c6-1-2(4(8)9)3(7)5(10)11/h2-3,7H,1,6H2,(H,8,9)(H,10,11)/t2-,3+/m0/s1. The fourth-order valence-electron chi connectivity index (χ4n) is 0.537. The summed E-state index contributed by atoms with van der Waals surface area (Å²) >= 11 is 0. The van der Waals surface area contributed by atoms with Crippen molar-refractivity contribution < 1.29 is 24.9 Å². The van der Waals surface area contributed by atoms with Crippen LogP contribution in [-0.4, -0.2) is 39.9 Å². The van der Waals surface area contributed by atoms with E-state index in [1.54, 1.807) is 0 Å². The molecule has 0 bridgehead atoms. The first-order valence-corrected chi connectivity index (χ1v) is 2.84. The number of nitrogens with two attached hydrogens (primary N) is 1. The number of aliphatic hydroxyl groups excluding tert-OH is 1. The summed E-state index contributed by atoms with van der Waals surface area (Å²) in [6.45, 7) is -0.400. The fraction of sp³-hybridized carbons (Fsp3) is 0.600. The van der Waals surface area contributed by atoms with Crippen LogP contribution in [0.25, 0.3) is 0 Å². The van der Waals surface area contributed by atoms with Gasteiger partial charge in [-0.2, -0.15) is 0 Å². The Balaban J connectivity index is 4.25. The maximum Gasteiger partial charge on any atom is 0.333 e. The highest BCUT2D eigenvalue weighted by atomic mass is 16.4.